The number of benzene rings is 2. The highest BCUT2D eigenvalue weighted by Crippen LogP contribution is 2.26. The number of aryl methyl sites for hydroxylation is 1. The van der Waals surface area contributed by atoms with E-state index in [0.29, 0.717) is 27.6 Å². The van der Waals surface area contributed by atoms with Crippen LogP contribution in [0.2, 0.25) is 0 Å². The average molecular weight is 366 g/mol. The Morgan fingerprint density at radius 2 is 1.81 bits per heavy atom. The molecular formula is C20H18N2O3S. The van der Waals surface area contributed by atoms with Crippen molar-refractivity contribution in [2.45, 2.75) is 6.92 Å². The van der Waals surface area contributed by atoms with Crippen LogP contribution in [-0.2, 0) is 0 Å². The van der Waals surface area contributed by atoms with Crippen LogP contribution in [0.3, 0.4) is 0 Å². The van der Waals surface area contributed by atoms with Crippen LogP contribution in [0.4, 0.5) is 11.4 Å². The number of ether oxygens (including phenoxy) is 1. The SMILES string of the molecule is COc1ccc(C)cc1NC(=O)c1cccc(NC(=O)c2cccs2)c1. The first-order chi connectivity index (χ1) is 12.6. The average Bonchev–Trinajstić information content (AvgIpc) is 3.17. The lowest BCUT2D eigenvalue weighted by Gasteiger charge is -2.12. The maximum absolute atomic E-state index is 12.6. The first kappa shape index (κ1) is 17.7. The van der Waals surface area contributed by atoms with Gasteiger partial charge in [0, 0.05) is 11.3 Å². The molecule has 0 saturated carbocycles. The highest BCUT2D eigenvalue weighted by molar-refractivity contribution is 7.12. The normalized spacial score (nSPS) is 10.2. The van der Waals surface area contributed by atoms with Gasteiger partial charge in [0.2, 0.25) is 0 Å². The number of carbonyl (C=O) groups excluding carboxylic acids is 2. The minimum atomic E-state index is -0.277. The fraction of sp³-hybridized carbons (Fsp3) is 0.100. The Hall–Kier alpha value is -3.12. The standard InChI is InChI=1S/C20H18N2O3S/c1-13-8-9-17(25-2)16(11-13)22-19(23)14-5-3-6-15(12-14)21-20(24)18-7-4-10-26-18/h3-12H,1-2H3,(H,21,24)(H,22,23). The third-order valence-electron chi connectivity index (χ3n) is 3.73. The summed E-state index contributed by atoms with van der Waals surface area (Å²) < 4.78 is 5.28. The van der Waals surface area contributed by atoms with E-state index < -0.39 is 0 Å². The monoisotopic (exact) mass is 366 g/mol. The van der Waals surface area contributed by atoms with Gasteiger partial charge in [-0.15, -0.1) is 11.3 Å². The fourth-order valence-corrected chi connectivity index (χ4v) is 3.07. The molecule has 3 aromatic rings. The van der Waals surface area contributed by atoms with E-state index in [1.807, 2.05) is 36.6 Å². The lowest BCUT2D eigenvalue weighted by atomic mass is 10.1. The van der Waals surface area contributed by atoms with Crippen molar-refractivity contribution in [2.75, 3.05) is 17.7 Å². The Morgan fingerprint density at radius 1 is 0.962 bits per heavy atom. The molecule has 2 N–H and O–H groups in total. The Kier molecular flexibility index (Phi) is 5.34. The molecule has 0 aliphatic rings. The zero-order valence-corrected chi connectivity index (χ0v) is 15.2. The zero-order valence-electron chi connectivity index (χ0n) is 14.4. The molecule has 1 aromatic heterocycles. The van der Waals surface area contributed by atoms with Crippen molar-refractivity contribution in [3.63, 3.8) is 0 Å². The third kappa shape index (κ3) is 4.10. The van der Waals surface area contributed by atoms with Crippen molar-refractivity contribution in [1.82, 2.24) is 0 Å². The second-order valence-electron chi connectivity index (χ2n) is 5.67. The fourth-order valence-electron chi connectivity index (χ4n) is 2.45. The Bertz CT molecular complexity index is 936. The molecule has 26 heavy (non-hydrogen) atoms. The van der Waals surface area contributed by atoms with Gasteiger partial charge in [0.25, 0.3) is 11.8 Å². The van der Waals surface area contributed by atoms with Crippen molar-refractivity contribution >= 4 is 34.5 Å². The molecule has 1 heterocycles. The minimum Gasteiger partial charge on any atom is -0.495 e. The molecule has 6 heteroatoms. The van der Waals surface area contributed by atoms with Crippen molar-refractivity contribution in [1.29, 1.82) is 0 Å². The molecule has 2 aromatic carbocycles. The Morgan fingerprint density at radius 3 is 2.54 bits per heavy atom. The van der Waals surface area contributed by atoms with Crippen molar-refractivity contribution < 1.29 is 14.3 Å². The molecule has 0 saturated heterocycles. The molecule has 0 unspecified atom stereocenters. The van der Waals surface area contributed by atoms with Crippen LogP contribution in [-0.4, -0.2) is 18.9 Å². The number of rotatable bonds is 5. The van der Waals surface area contributed by atoms with Crippen LogP contribution in [0.25, 0.3) is 0 Å². The number of hydrogen-bond acceptors (Lipinski definition) is 4. The van der Waals surface area contributed by atoms with Gasteiger partial charge in [-0.3, -0.25) is 9.59 Å². The van der Waals surface area contributed by atoms with E-state index in [9.17, 15) is 9.59 Å². The van der Waals surface area contributed by atoms with E-state index in [0.717, 1.165) is 5.56 Å². The summed E-state index contributed by atoms with van der Waals surface area (Å²) in [4.78, 5) is 25.3. The van der Waals surface area contributed by atoms with Gasteiger partial charge < -0.3 is 15.4 Å². The van der Waals surface area contributed by atoms with E-state index >= 15 is 0 Å². The van der Waals surface area contributed by atoms with Crippen molar-refractivity contribution in [3.05, 3.63) is 76.0 Å². The molecule has 0 bridgehead atoms. The molecule has 0 aliphatic carbocycles. The topological polar surface area (TPSA) is 67.4 Å². The van der Waals surface area contributed by atoms with Crippen LogP contribution in [0.1, 0.15) is 25.6 Å². The largest absolute Gasteiger partial charge is 0.495 e. The predicted molar refractivity (Wildman–Crippen MR) is 104 cm³/mol. The van der Waals surface area contributed by atoms with Crippen molar-refractivity contribution in [3.8, 4) is 5.75 Å². The van der Waals surface area contributed by atoms with Crippen LogP contribution in [0.5, 0.6) is 5.75 Å². The number of amides is 2. The smallest absolute Gasteiger partial charge is 0.265 e. The van der Waals surface area contributed by atoms with Crippen LogP contribution in [0, 0.1) is 6.92 Å². The third-order valence-corrected chi connectivity index (χ3v) is 4.60. The van der Waals surface area contributed by atoms with Gasteiger partial charge in [-0.1, -0.05) is 18.2 Å². The van der Waals surface area contributed by atoms with Crippen LogP contribution >= 0.6 is 11.3 Å². The lowest BCUT2D eigenvalue weighted by molar-refractivity contribution is 0.101. The maximum Gasteiger partial charge on any atom is 0.265 e. The predicted octanol–water partition coefficient (Wildman–Crippen LogP) is 4.57. The van der Waals surface area contributed by atoms with E-state index in [1.165, 1.54) is 11.3 Å². The number of methoxy groups -OCH3 is 1. The summed E-state index contributed by atoms with van der Waals surface area (Å²) >= 11 is 1.36. The summed E-state index contributed by atoms with van der Waals surface area (Å²) in [5, 5.41) is 7.50. The highest BCUT2D eigenvalue weighted by atomic mass is 32.1. The van der Waals surface area contributed by atoms with Gasteiger partial charge in [0.15, 0.2) is 0 Å². The summed E-state index contributed by atoms with van der Waals surface area (Å²) in [7, 11) is 1.56. The second-order valence-corrected chi connectivity index (χ2v) is 6.62. The van der Waals surface area contributed by atoms with Gasteiger partial charge >= 0.3 is 0 Å². The summed E-state index contributed by atoms with van der Waals surface area (Å²) in [6.07, 6.45) is 0. The number of hydrogen-bond donors (Lipinski definition) is 2. The Balaban J connectivity index is 1.76. The molecule has 5 nitrogen and oxygen atoms in total. The van der Waals surface area contributed by atoms with Gasteiger partial charge in [-0.05, 0) is 54.3 Å². The molecular weight excluding hydrogens is 348 g/mol. The summed E-state index contributed by atoms with van der Waals surface area (Å²) in [6, 6.07) is 15.9. The summed E-state index contributed by atoms with van der Waals surface area (Å²) in [6.45, 7) is 1.94. The minimum absolute atomic E-state index is 0.196. The molecule has 0 spiro atoms. The van der Waals surface area contributed by atoms with Crippen LogP contribution < -0.4 is 15.4 Å². The molecule has 0 radical (unpaired) electrons. The lowest BCUT2D eigenvalue weighted by Crippen LogP contribution is -2.14. The number of thiophene rings is 1. The zero-order chi connectivity index (χ0) is 18.5. The highest BCUT2D eigenvalue weighted by Gasteiger charge is 2.12. The van der Waals surface area contributed by atoms with Crippen molar-refractivity contribution in [2.24, 2.45) is 0 Å². The van der Waals surface area contributed by atoms with Crippen LogP contribution in [0.15, 0.2) is 60.0 Å². The van der Waals surface area contributed by atoms with E-state index in [1.54, 1.807) is 37.4 Å². The summed E-state index contributed by atoms with van der Waals surface area (Å²) in [5.41, 5.74) is 2.62. The first-order valence-electron chi connectivity index (χ1n) is 7.98. The maximum atomic E-state index is 12.6. The second kappa shape index (κ2) is 7.84. The van der Waals surface area contributed by atoms with E-state index in [2.05, 4.69) is 10.6 Å². The summed E-state index contributed by atoms with van der Waals surface area (Å²) in [5.74, 6) is 0.116. The molecule has 0 aliphatic heterocycles. The van der Waals surface area contributed by atoms with E-state index in [-0.39, 0.29) is 11.8 Å². The number of nitrogens with one attached hydrogen (secondary N) is 2. The van der Waals surface area contributed by atoms with E-state index in [4.69, 9.17) is 4.74 Å². The molecule has 3 rings (SSSR count). The number of carbonyl (C=O) groups is 2. The molecule has 0 atom stereocenters. The van der Waals surface area contributed by atoms with Gasteiger partial charge in [0.05, 0.1) is 17.7 Å². The van der Waals surface area contributed by atoms with Gasteiger partial charge in [-0.25, -0.2) is 0 Å². The van der Waals surface area contributed by atoms with Gasteiger partial charge in [-0.2, -0.15) is 0 Å². The first-order valence-corrected chi connectivity index (χ1v) is 8.85. The molecule has 2 amide bonds. The van der Waals surface area contributed by atoms with Gasteiger partial charge in [0.1, 0.15) is 5.75 Å². The quantitative estimate of drug-likeness (QED) is 0.695. The molecule has 0 fully saturated rings. The molecule has 132 valence electrons. The Labute approximate surface area is 155 Å². The number of anilines is 2.